The minimum absolute atomic E-state index is 0.0997. The molecule has 0 radical (unpaired) electrons. The van der Waals surface area contributed by atoms with Gasteiger partial charge in [-0.1, -0.05) is 0 Å². The molecule has 1 amide bonds. The van der Waals surface area contributed by atoms with Crippen molar-refractivity contribution in [3.8, 4) is 0 Å². The van der Waals surface area contributed by atoms with Crippen LogP contribution >= 0.6 is 0 Å². The Labute approximate surface area is 58.8 Å². The summed E-state index contributed by atoms with van der Waals surface area (Å²) in [4.78, 5) is 21.2. The number of amides is 1. The largest absolute Gasteiger partial charge is 0.352 e. The van der Waals surface area contributed by atoms with Crippen LogP contribution in [0.15, 0.2) is 0 Å². The molecular weight excluding hydrogens is 130 g/mol. The van der Waals surface area contributed by atoms with E-state index in [4.69, 9.17) is 0 Å². The van der Waals surface area contributed by atoms with E-state index in [9.17, 15) is 9.59 Å². The maximum atomic E-state index is 10.9. The van der Waals surface area contributed by atoms with Crippen LogP contribution in [-0.4, -0.2) is 18.2 Å². The van der Waals surface area contributed by atoms with E-state index in [0.717, 1.165) is 19.1 Å². The van der Waals surface area contributed by atoms with Gasteiger partial charge < -0.3 is 10.1 Å². The van der Waals surface area contributed by atoms with E-state index < -0.39 is 0 Å². The summed E-state index contributed by atoms with van der Waals surface area (Å²) >= 11 is 0. The number of aldehydes is 1. The van der Waals surface area contributed by atoms with Crippen LogP contribution in [-0.2, 0) is 9.59 Å². The van der Waals surface area contributed by atoms with Gasteiger partial charge in [0.1, 0.15) is 6.29 Å². The van der Waals surface area contributed by atoms with Crippen molar-refractivity contribution in [2.75, 3.05) is 0 Å². The summed E-state index contributed by atoms with van der Waals surface area (Å²) in [7, 11) is 0. The van der Waals surface area contributed by atoms with Gasteiger partial charge in [0.25, 0.3) is 0 Å². The molecule has 0 aromatic heterocycles. The van der Waals surface area contributed by atoms with E-state index in [1.54, 1.807) is 0 Å². The van der Waals surface area contributed by atoms with Crippen LogP contribution < -0.4 is 5.32 Å². The Hall–Kier alpha value is -0.860. The molecule has 3 atom stereocenters. The predicted octanol–water partition coefficient (Wildman–Crippen LogP) is -0.290. The second-order valence-corrected chi connectivity index (χ2v) is 3.08. The van der Waals surface area contributed by atoms with Gasteiger partial charge in [-0.05, 0) is 12.8 Å². The number of hydrogen-bond acceptors (Lipinski definition) is 2. The van der Waals surface area contributed by atoms with E-state index in [2.05, 4.69) is 5.32 Å². The normalized spacial score (nSPS) is 43.6. The van der Waals surface area contributed by atoms with Crippen molar-refractivity contribution in [3.63, 3.8) is 0 Å². The summed E-state index contributed by atoms with van der Waals surface area (Å²) in [6.45, 7) is 0. The standard InChI is InChI=1S/C7H9NO2/c9-3-5-1-4-2-6(5)8-7(4)10/h3-6H,1-2H2,(H,8,10)/t4-,5+,6-/m0/s1. The van der Waals surface area contributed by atoms with E-state index in [1.807, 2.05) is 0 Å². The monoisotopic (exact) mass is 139 g/mol. The molecule has 2 aliphatic rings. The molecule has 2 bridgehead atoms. The van der Waals surface area contributed by atoms with Crippen molar-refractivity contribution >= 4 is 12.2 Å². The second-order valence-electron chi connectivity index (χ2n) is 3.08. The van der Waals surface area contributed by atoms with Gasteiger partial charge in [0.05, 0.1) is 0 Å². The van der Waals surface area contributed by atoms with Gasteiger partial charge in [0.15, 0.2) is 0 Å². The molecule has 1 aliphatic carbocycles. The molecule has 1 saturated carbocycles. The minimum Gasteiger partial charge on any atom is -0.352 e. The fourth-order valence-electron chi connectivity index (χ4n) is 1.90. The van der Waals surface area contributed by atoms with Crippen LogP contribution in [0.2, 0.25) is 0 Å². The van der Waals surface area contributed by atoms with Crippen LogP contribution in [0.5, 0.6) is 0 Å². The molecule has 0 aromatic rings. The Bertz CT molecular complexity index is 190. The third-order valence-electron chi connectivity index (χ3n) is 2.49. The Kier molecular flexibility index (Phi) is 1.07. The van der Waals surface area contributed by atoms with E-state index in [-0.39, 0.29) is 23.8 Å². The van der Waals surface area contributed by atoms with Gasteiger partial charge in [-0.15, -0.1) is 0 Å². The van der Waals surface area contributed by atoms with Crippen molar-refractivity contribution in [1.82, 2.24) is 5.32 Å². The van der Waals surface area contributed by atoms with Crippen molar-refractivity contribution in [1.29, 1.82) is 0 Å². The minimum atomic E-state index is 0.0997. The lowest BCUT2D eigenvalue weighted by molar-refractivity contribution is -0.125. The Morgan fingerprint density at radius 3 is 2.70 bits per heavy atom. The molecule has 1 saturated heterocycles. The van der Waals surface area contributed by atoms with Gasteiger partial charge >= 0.3 is 0 Å². The molecule has 1 aliphatic heterocycles. The van der Waals surface area contributed by atoms with Gasteiger partial charge in [0.2, 0.25) is 5.91 Å². The van der Waals surface area contributed by atoms with Crippen molar-refractivity contribution in [2.45, 2.75) is 18.9 Å². The Morgan fingerprint density at radius 2 is 2.30 bits per heavy atom. The maximum Gasteiger partial charge on any atom is 0.223 e. The van der Waals surface area contributed by atoms with Crippen LogP contribution in [0.3, 0.4) is 0 Å². The highest BCUT2D eigenvalue weighted by Crippen LogP contribution is 2.35. The molecule has 3 heteroatoms. The van der Waals surface area contributed by atoms with Gasteiger partial charge in [-0.2, -0.15) is 0 Å². The third-order valence-corrected chi connectivity index (χ3v) is 2.49. The fraction of sp³-hybridized carbons (Fsp3) is 0.714. The third kappa shape index (κ3) is 0.602. The first-order valence-electron chi connectivity index (χ1n) is 3.57. The molecule has 1 heterocycles. The molecular formula is C7H9NO2. The highest BCUT2D eigenvalue weighted by molar-refractivity contribution is 5.84. The number of carbonyl (C=O) groups excluding carboxylic acids is 2. The molecule has 2 fully saturated rings. The predicted molar refractivity (Wildman–Crippen MR) is 34.2 cm³/mol. The highest BCUT2D eigenvalue weighted by atomic mass is 16.2. The fourth-order valence-corrected chi connectivity index (χ4v) is 1.90. The SMILES string of the molecule is O=C[C@H]1C[C@H]2C[C@@H]1NC2=O. The first-order chi connectivity index (χ1) is 4.81. The van der Waals surface area contributed by atoms with E-state index >= 15 is 0 Å². The van der Waals surface area contributed by atoms with E-state index in [1.165, 1.54) is 0 Å². The zero-order chi connectivity index (χ0) is 7.14. The van der Waals surface area contributed by atoms with Crippen LogP contribution in [0.1, 0.15) is 12.8 Å². The average molecular weight is 139 g/mol. The lowest BCUT2D eigenvalue weighted by atomic mass is 10.0. The van der Waals surface area contributed by atoms with Crippen LogP contribution in [0.25, 0.3) is 0 Å². The zero-order valence-corrected chi connectivity index (χ0v) is 5.54. The number of piperidine rings is 1. The van der Waals surface area contributed by atoms with Crippen LogP contribution in [0, 0.1) is 11.8 Å². The number of hydrogen-bond donors (Lipinski definition) is 1. The van der Waals surface area contributed by atoms with Gasteiger partial charge in [-0.25, -0.2) is 0 Å². The smallest absolute Gasteiger partial charge is 0.223 e. The topological polar surface area (TPSA) is 46.2 Å². The summed E-state index contributed by atoms with van der Waals surface area (Å²) in [6.07, 6.45) is 2.62. The van der Waals surface area contributed by atoms with Crippen molar-refractivity contribution in [3.05, 3.63) is 0 Å². The lowest BCUT2D eigenvalue weighted by Gasteiger charge is -2.16. The molecule has 0 aromatic carbocycles. The molecule has 54 valence electrons. The number of nitrogens with one attached hydrogen (secondary N) is 1. The van der Waals surface area contributed by atoms with E-state index in [0.29, 0.717) is 0 Å². The molecule has 0 unspecified atom stereocenters. The van der Waals surface area contributed by atoms with Crippen LogP contribution in [0.4, 0.5) is 0 Å². The van der Waals surface area contributed by atoms with Gasteiger partial charge in [-0.3, -0.25) is 4.79 Å². The van der Waals surface area contributed by atoms with Gasteiger partial charge in [0, 0.05) is 17.9 Å². The summed E-state index contributed by atoms with van der Waals surface area (Å²) in [5.74, 6) is 0.381. The van der Waals surface area contributed by atoms with Crippen molar-refractivity contribution in [2.24, 2.45) is 11.8 Å². The molecule has 2 rings (SSSR count). The van der Waals surface area contributed by atoms with Crippen molar-refractivity contribution < 1.29 is 9.59 Å². The number of carbonyl (C=O) groups is 2. The average Bonchev–Trinajstić information content (AvgIpc) is 2.44. The molecule has 10 heavy (non-hydrogen) atoms. The Balaban J connectivity index is 2.15. The molecule has 3 nitrogen and oxygen atoms in total. The first-order valence-corrected chi connectivity index (χ1v) is 3.57. The first kappa shape index (κ1) is 5.89. The summed E-state index contributed by atoms with van der Waals surface area (Å²) in [6, 6.07) is 0.162. The second kappa shape index (κ2) is 1.81. The zero-order valence-electron chi connectivity index (χ0n) is 5.54. The molecule has 1 N–H and O–H groups in total. The molecule has 0 spiro atoms. The Morgan fingerprint density at radius 1 is 1.50 bits per heavy atom. The number of fused-ring (bicyclic) bond motifs is 2. The quantitative estimate of drug-likeness (QED) is 0.507. The lowest BCUT2D eigenvalue weighted by Crippen LogP contribution is -2.37. The number of rotatable bonds is 1. The summed E-state index contributed by atoms with van der Waals surface area (Å²) in [5, 5.41) is 2.78. The highest BCUT2D eigenvalue weighted by Gasteiger charge is 2.44. The summed E-state index contributed by atoms with van der Waals surface area (Å²) < 4.78 is 0. The maximum absolute atomic E-state index is 10.9. The summed E-state index contributed by atoms with van der Waals surface area (Å²) in [5.41, 5.74) is 0.